The fourth-order valence-corrected chi connectivity index (χ4v) is 2.22. The molecule has 0 aliphatic rings. The average Bonchev–Trinajstić information content (AvgIpc) is 2.52. The van der Waals surface area contributed by atoms with Crippen LogP contribution in [0, 0.1) is 5.82 Å². The van der Waals surface area contributed by atoms with Gasteiger partial charge in [0.05, 0.1) is 6.10 Å². The molecule has 2 aromatic carbocycles. The lowest BCUT2D eigenvalue weighted by atomic mass is 10.1. The Morgan fingerprint density at radius 2 is 1.81 bits per heavy atom. The molecule has 21 heavy (non-hydrogen) atoms. The van der Waals surface area contributed by atoms with E-state index in [4.69, 9.17) is 4.74 Å². The summed E-state index contributed by atoms with van der Waals surface area (Å²) in [5, 5.41) is 19.7. The van der Waals surface area contributed by atoms with E-state index < -0.39 is 12.2 Å². The van der Waals surface area contributed by atoms with Crippen LogP contribution in [0.1, 0.15) is 17.2 Å². The van der Waals surface area contributed by atoms with Gasteiger partial charge in [0.15, 0.2) is 0 Å². The van der Waals surface area contributed by atoms with Crippen LogP contribution in [0.2, 0.25) is 0 Å². The highest BCUT2D eigenvalue weighted by Crippen LogP contribution is 2.22. The summed E-state index contributed by atoms with van der Waals surface area (Å²) in [5.74, 6) is 0.321. The second kappa shape index (κ2) is 7.54. The molecule has 0 saturated carbocycles. The van der Waals surface area contributed by atoms with Crippen molar-refractivity contribution in [2.24, 2.45) is 0 Å². The lowest BCUT2D eigenvalue weighted by molar-refractivity contribution is 0.0342. The number of hydrogen-bond donors (Lipinski definition) is 2. The van der Waals surface area contributed by atoms with E-state index in [9.17, 15) is 14.6 Å². The molecule has 0 aromatic heterocycles. The quantitative estimate of drug-likeness (QED) is 0.783. The molecule has 2 atom stereocenters. The van der Waals surface area contributed by atoms with Crippen molar-refractivity contribution in [3.05, 3.63) is 65.5 Å². The third-order valence-electron chi connectivity index (χ3n) is 3.04. The smallest absolute Gasteiger partial charge is 0.123 e. The van der Waals surface area contributed by atoms with E-state index in [1.165, 1.54) is 12.1 Å². The molecule has 2 N–H and O–H groups in total. The highest BCUT2D eigenvalue weighted by atomic mass is 79.9. The van der Waals surface area contributed by atoms with Gasteiger partial charge in [-0.15, -0.1) is 0 Å². The van der Waals surface area contributed by atoms with Gasteiger partial charge in [0.1, 0.15) is 24.3 Å². The van der Waals surface area contributed by atoms with Crippen molar-refractivity contribution < 1.29 is 19.3 Å². The van der Waals surface area contributed by atoms with Crippen LogP contribution in [0.25, 0.3) is 0 Å². The number of aliphatic hydroxyl groups is 2. The Kier molecular flexibility index (Phi) is 5.73. The maximum absolute atomic E-state index is 13.0. The highest BCUT2D eigenvalue weighted by molar-refractivity contribution is 9.09. The van der Waals surface area contributed by atoms with Crippen molar-refractivity contribution in [2.75, 3.05) is 5.33 Å². The average molecular weight is 355 g/mol. The highest BCUT2D eigenvalue weighted by Gasteiger charge is 2.16. The zero-order valence-corrected chi connectivity index (χ0v) is 12.8. The Labute approximate surface area is 131 Å². The van der Waals surface area contributed by atoms with Gasteiger partial charge >= 0.3 is 0 Å². The van der Waals surface area contributed by atoms with Crippen molar-refractivity contribution in [1.82, 2.24) is 0 Å². The Morgan fingerprint density at radius 1 is 1.10 bits per heavy atom. The number of hydrogen-bond acceptors (Lipinski definition) is 3. The molecule has 0 spiro atoms. The van der Waals surface area contributed by atoms with Gasteiger partial charge in [-0.2, -0.15) is 0 Å². The van der Waals surface area contributed by atoms with Crippen LogP contribution in [0.3, 0.4) is 0 Å². The molecule has 2 unspecified atom stereocenters. The molecule has 0 heterocycles. The van der Waals surface area contributed by atoms with Crippen LogP contribution in [-0.2, 0) is 6.61 Å². The van der Waals surface area contributed by atoms with Crippen molar-refractivity contribution >= 4 is 15.9 Å². The van der Waals surface area contributed by atoms with Gasteiger partial charge in [0, 0.05) is 5.33 Å². The predicted molar refractivity (Wildman–Crippen MR) is 81.9 cm³/mol. The van der Waals surface area contributed by atoms with Crippen molar-refractivity contribution in [3.8, 4) is 5.75 Å². The first-order valence-electron chi connectivity index (χ1n) is 6.49. The molecule has 0 radical (unpaired) electrons. The summed E-state index contributed by atoms with van der Waals surface area (Å²) in [6, 6.07) is 13.0. The lowest BCUT2D eigenvalue weighted by Crippen LogP contribution is -2.19. The fraction of sp³-hybridized carbons (Fsp3) is 0.250. The molecule has 0 amide bonds. The van der Waals surface area contributed by atoms with Gasteiger partial charge in [-0.1, -0.05) is 40.2 Å². The van der Waals surface area contributed by atoms with Gasteiger partial charge in [-0.25, -0.2) is 4.39 Å². The zero-order chi connectivity index (χ0) is 15.2. The molecule has 0 bridgehead atoms. The molecular formula is C16H16BrFO3. The molecule has 0 aliphatic heterocycles. The second-order valence-corrected chi connectivity index (χ2v) is 5.30. The van der Waals surface area contributed by atoms with E-state index >= 15 is 0 Å². The number of aliphatic hydroxyl groups excluding tert-OH is 2. The minimum absolute atomic E-state index is 0.268. The van der Waals surface area contributed by atoms with E-state index in [-0.39, 0.29) is 12.4 Å². The van der Waals surface area contributed by atoms with Crippen LogP contribution in [0.4, 0.5) is 4.39 Å². The zero-order valence-electron chi connectivity index (χ0n) is 11.2. The Balaban J connectivity index is 1.96. The molecule has 0 saturated heterocycles. The number of rotatable bonds is 6. The summed E-state index contributed by atoms with van der Waals surface area (Å²) in [4.78, 5) is 0. The first-order valence-corrected chi connectivity index (χ1v) is 7.61. The topological polar surface area (TPSA) is 49.7 Å². The third kappa shape index (κ3) is 4.52. The van der Waals surface area contributed by atoms with Gasteiger partial charge in [0.25, 0.3) is 0 Å². The number of benzene rings is 2. The molecule has 112 valence electrons. The normalized spacial score (nSPS) is 13.7. The molecule has 2 rings (SSSR count). The van der Waals surface area contributed by atoms with Gasteiger partial charge in [-0.3, -0.25) is 0 Å². The number of alkyl halides is 1. The summed E-state index contributed by atoms with van der Waals surface area (Å²) in [7, 11) is 0. The first kappa shape index (κ1) is 15.9. The van der Waals surface area contributed by atoms with Gasteiger partial charge in [-0.05, 0) is 35.4 Å². The monoisotopic (exact) mass is 354 g/mol. The molecule has 0 fully saturated rings. The number of ether oxygens (including phenoxy) is 1. The summed E-state index contributed by atoms with van der Waals surface area (Å²) in [6.45, 7) is 0.268. The van der Waals surface area contributed by atoms with Crippen LogP contribution < -0.4 is 4.74 Å². The van der Waals surface area contributed by atoms with E-state index in [0.29, 0.717) is 16.6 Å². The summed E-state index contributed by atoms with van der Waals surface area (Å²) < 4.78 is 18.6. The molecule has 5 heteroatoms. The summed E-state index contributed by atoms with van der Waals surface area (Å²) >= 11 is 3.12. The third-order valence-corrected chi connectivity index (χ3v) is 3.70. The van der Waals surface area contributed by atoms with E-state index in [0.717, 1.165) is 5.56 Å². The second-order valence-electron chi connectivity index (χ2n) is 4.65. The minimum atomic E-state index is -0.943. The maximum atomic E-state index is 13.0. The molecule has 3 nitrogen and oxygen atoms in total. The van der Waals surface area contributed by atoms with Crippen LogP contribution in [0.5, 0.6) is 5.75 Å². The van der Waals surface area contributed by atoms with Crippen molar-refractivity contribution in [3.63, 3.8) is 0 Å². The van der Waals surface area contributed by atoms with Gasteiger partial charge in [0.2, 0.25) is 0 Å². The van der Waals surface area contributed by atoms with E-state index in [1.807, 2.05) is 0 Å². The molecule has 2 aromatic rings. The maximum Gasteiger partial charge on any atom is 0.123 e. The standard InChI is InChI=1S/C16H16BrFO3/c17-9-15(19)16(20)12-4-6-14(7-5-12)21-10-11-2-1-3-13(18)8-11/h1-8,15-16,19-20H,9-10H2. The summed E-state index contributed by atoms with van der Waals surface area (Å²) in [6.07, 6.45) is -1.80. The van der Waals surface area contributed by atoms with Crippen LogP contribution in [-0.4, -0.2) is 21.6 Å². The SMILES string of the molecule is OC(CBr)C(O)c1ccc(OCc2cccc(F)c2)cc1. The Hall–Kier alpha value is -1.43. The summed E-state index contributed by atoms with van der Waals surface area (Å²) in [5.41, 5.74) is 1.36. The first-order chi connectivity index (χ1) is 10.1. The Bertz CT molecular complexity index is 574. The largest absolute Gasteiger partial charge is 0.489 e. The predicted octanol–water partition coefficient (Wildman–Crippen LogP) is 3.19. The van der Waals surface area contributed by atoms with Crippen molar-refractivity contribution in [2.45, 2.75) is 18.8 Å². The van der Waals surface area contributed by atoms with E-state index in [2.05, 4.69) is 15.9 Å². The molecule has 0 aliphatic carbocycles. The van der Waals surface area contributed by atoms with Gasteiger partial charge < -0.3 is 14.9 Å². The molecular weight excluding hydrogens is 339 g/mol. The number of halogens is 2. The van der Waals surface area contributed by atoms with Crippen LogP contribution >= 0.6 is 15.9 Å². The van der Waals surface area contributed by atoms with Crippen molar-refractivity contribution in [1.29, 1.82) is 0 Å². The fourth-order valence-electron chi connectivity index (χ4n) is 1.86. The Morgan fingerprint density at radius 3 is 2.43 bits per heavy atom. The van der Waals surface area contributed by atoms with E-state index in [1.54, 1.807) is 36.4 Å². The lowest BCUT2D eigenvalue weighted by Gasteiger charge is -2.16. The minimum Gasteiger partial charge on any atom is -0.489 e. The van der Waals surface area contributed by atoms with Crippen LogP contribution in [0.15, 0.2) is 48.5 Å².